The summed E-state index contributed by atoms with van der Waals surface area (Å²) in [5.74, 6) is -0.385. The molecule has 0 bridgehead atoms. The van der Waals surface area contributed by atoms with Crippen molar-refractivity contribution in [1.82, 2.24) is 4.90 Å². The fraction of sp³-hybridized carbons (Fsp3) is 0.233. The number of aliphatic carboxylic acids is 1. The van der Waals surface area contributed by atoms with Gasteiger partial charge in [-0.1, -0.05) is 103 Å². The minimum absolute atomic E-state index is 0.0787. The minimum atomic E-state index is -1.18. The Labute approximate surface area is 299 Å². The average Bonchev–Trinajstić information content (AvgIpc) is 3.64. The fourth-order valence-electron chi connectivity index (χ4n) is 7.44. The van der Waals surface area contributed by atoms with Gasteiger partial charge in [-0.2, -0.15) is 0 Å². The molecular formula is C43H42N4O4. The molecule has 8 heteroatoms. The van der Waals surface area contributed by atoms with Crippen LogP contribution in [0, 0.1) is 0 Å². The molecule has 2 aliphatic rings. The van der Waals surface area contributed by atoms with Crippen molar-refractivity contribution >= 4 is 29.0 Å². The Hall–Kier alpha value is -5.73. The molecule has 258 valence electrons. The standard InChI is InChI=1S/C43H42N4O4/c1-51-34-24-22-33(23-25-34)47-28-26-31-15-8-9-18-35(31)41(47)40(43(49)50)45-39(32-16-6-3-7-17-32)36-19-10-11-20-37(36)44-42(48)38-21-12-27-46(38)29-30-13-4-2-5-14-30/h2-11,13-20,22-25,38,40-41H,12,21,26-29H2,1H3,(H,44,48)(H,49,50)/t38-,40-,41-/m0/s1. The lowest BCUT2D eigenvalue weighted by molar-refractivity contribution is -0.139. The number of benzene rings is 5. The Balaban J connectivity index is 1.28. The molecule has 5 aromatic carbocycles. The van der Waals surface area contributed by atoms with E-state index in [0.717, 1.165) is 53.9 Å². The quantitative estimate of drug-likeness (QED) is 0.142. The van der Waals surface area contributed by atoms with E-state index in [-0.39, 0.29) is 11.9 Å². The van der Waals surface area contributed by atoms with E-state index in [4.69, 9.17) is 9.73 Å². The predicted octanol–water partition coefficient (Wildman–Crippen LogP) is 7.39. The molecule has 2 aliphatic heterocycles. The zero-order valence-corrected chi connectivity index (χ0v) is 28.7. The topological polar surface area (TPSA) is 94.5 Å². The van der Waals surface area contributed by atoms with Gasteiger partial charge in [-0.15, -0.1) is 0 Å². The molecule has 0 spiro atoms. The van der Waals surface area contributed by atoms with Gasteiger partial charge in [-0.3, -0.25) is 14.7 Å². The van der Waals surface area contributed by atoms with E-state index in [2.05, 4.69) is 33.3 Å². The Bertz CT molecular complexity index is 2000. The average molecular weight is 679 g/mol. The van der Waals surface area contributed by atoms with Gasteiger partial charge < -0.3 is 20.1 Å². The van der Waals surface area contributed by atoms with Gasteiger partial charge in [0.15, 0.2) is 6.04 Å². The molecule has 51 heavy (non-hydrogen) atoms. The van der Waals surface area contributed by atoms with Crippen molar-refractivity contribution < 1.29 is 19.4 Å². The zero-order chi connectivity index (χ0) is 35.2. The highest BCUT2D eigenvalue weighted by Gasteiger charge is 2.39. The Morgan fingerprint density at radius 2 is 1.53 bits per heavy atom. The number of hydrogen-bond donors (Lipinski definition) is 2. The Morgan fingerprint density at radius 3 is 2.27 bits per heavy atom. The molecule has 1 saturated heterocycles. The number of carboxylic acid groups (broad SMARTS) is 1. The van der Waals surface area contributed by atoms with Gasteiger partial charge in [0.25, 0.3) is 0 Å². The smallest absolute Gasteiger partial charge is 0.330 e. The number of carboxylic acids is 1. The van der Waals surface area contributed by atoms with Crippen molar-refractivity contribution in [3.8, 4) is 5.75 Å². The first kappa shape index (κ1) is 33.8. The maximum absolute atomic E-state index is 14.0. The highest BCUT2D eigenvalue weighted by Crippen LogP contribution is 2.38. The summed E-state index contributed by atoms with van der Waals surface area (Å²) >= 11 is 0. The number of amides is 1. The van der Waals surface area contributed by atoms with E-state index in [1.165, 1.54) is 5.56 Å². The number of likely N-dealkylation sites (tertiary alicyclic amines) is 1. The SMILES string of the molecule is COc1ccc(N2CCc3ccccc3[C@H]2[C@H](N=C(c2ccccc2)c2ccccc2NC(=O)[C@@H]2CCCN2Cc2ccccc2)C(=O)O)cc1. The molecular weight excluding hydrogens is 636 g/mol. The second-order valence-electron chi connectivity index (χ2n) is 13.1. The van der Waals surface area contributed by atoms with Gasteiger partial charge in [0, 0.05) is 29.9 Å². The number of fused-ring (bicyclic) bond motifs is 1. The van der Waals surface area contributed by atoms with Gasteiger partial charge in [0.05, 0.1) is 30.6 Å². The summed E-state index contributed by atoms with van der Waals surface area (Å²) in [5, 5.41) is 14.3. The lowest BCUT2D eigenvalue weighted by atomic mass is 9.87. The van der Waals surface area contributed by atoms with Gasteiger partial charge >= 0.3 is 5.97 Å². The molecule has 7 rings (SSSR count). The monoisotopic (exact) mass is 678 g/mol. The molecule has 0 saturated carbocycles. The number of hydrogen-bond acceptors (Lipinski definition) is 6. The molecule has 3 atom stereocenters. The predicted molar refractivity (Wildman–Crippen MR) is 202 cm³/mol. The summed E-state index contributed by atoms with van der Waals surface area (Å²) < 4.78 is 5.41. The summed E-state index contributed by atoms with van der Waals surface area (Å²) in [6, 6.07) is 41.1. The number of rotatable bonds is 11. The molecule has 0 aliphatic carbocycles. The molecule has 2 heterocycles. The number of carbonyl (C=O) groups excluding carboxylic acids is 1. The molecule has 0 aromatic heterocycles. The molecule has 1 amide bonds. The number of nitrogens with zero attached hydrogens (tertiary/aromatic N) is 3. The van der Waals surface area contributed by atoms with Crippen molar-refractivity contribution in [2.45, 2.75) is 43.9 Å². The fourth-order valence-corrected chi connectivity index (χ4v) is 7.44. The summed E-state index contributed by atoms with van der Waals surface area (Å²) in [6.07, 6.45) is 2.48. The lowest BCUT2D eigenvalue weighted by Gasteiger charge is -2.41. The summed E-state index contributed by atoms with van der Waals surface area (Å²) in [7, 11) is 1.63. The van der Waals surface area contributed by atoms with Crippen molar-refractivity contribution in [3.63, 3.8) is 0 Å². The normalized spacial score (nSPS) is 18.1. The molecule has 2 N–H and O–H groups in total. The highest BCUT2D eigenvalue weighted by molar-refractivity contribution is 6.17. The Kier molecular flexibility index (Phi) is 10.2. The first-order valence-electron chi connectivity index (χ1n) is 17.5. The third kappa shape index (κ3) is 7.42. The third-order valence-electron chi connectivity index (χ3n) is 9.94. The minimum Gasteiger partial charge on any atom is -0.497 e. The van der Waals surface area contributed by atoms with Crippen molar-refractivity contribution in [1.29, 1.82) is 0 Å². The van der Waals surface area contributed by atoms with Crippen LogP contribution in [0.2, 0.25) is 0 Å². The second-order valence-corrected chi connectivity index (χ2v) is 13.1. The number of para-hydroxylation sites is 1. The van der Waals surface area contributed by atoms with Crippen LogP contribution in [-0.4, -0.2) is 59.9 Å². The van der Waals surface area contributed by atoms with Crippen LogP contribution in [0.1, 0.15) is 46.7 Å². The molecule has 0 radical (unpaired) electrons. The van der Waals surface area contributed by atoms with Gasteiger partial charge in [0.1, 0.15) is 5.75 Å². The van der Waals surface area contributed by atoms with Crippen LogP contribution in [-0.2, 0) is 22.6 Å². The van der Waals surface area contributed by atoms with Crippen LogP contribution >= 0.6 is 0 Å². The summed E-state index contributed by atoms with van der Waals surface area (Å²) in [6.45, 7) is 2.17. The number of ether oxygens (including phenoxy) is 1. The third-order valence-corrected chi connectivity index (χ3v) is 9.94. The molecule has 5 aromatic rings. The zero-order valence-electron chi connectivity index (χ0n) is 28.7. The van der Waals surface area contributed by atoms with Crippen LogP contribution in [0.25, 0.3) is 0 Å². The van der Waals surface area contributed by atoms with Crippen molar-refractivity contribution in [2.75, 3.05) is 30.4 Å². The second kappa shape index (κ2) is 15.4. The van der Waals surface area contributed by atoms with E-state index in [1.54, 1.807) is 7.11 Å². The highest BCUT2D eigenvalue weighted by atomic mass is 16.5. The van der Waals surface area contributed by atoms with Crippen LogP contribution < -0.4 is 15.0 Å². The van der Waals surface area contributed by atoms with Crippen molar-refractivity contribution in [2.24, 2.45) is 4.99 Å². The first-order valence-corrected chi connectivity index (χ1v) is 17.5. The van der Waals surface area contributed by atoms with Crippen LogP contribution in [0.5, 0.6) is 5.75 Å². The summed E-state index contributed by atoms with van der Waals surface area (Å²) in [4.78, 5) is 37.0. The van der Waals surface area contributed by atoms with Gasteiger partial charge in [-0.25, -0.2) is 4.79 Å². The van der Waals surface area contributed by atoms with Crippen LogP contribution in [0.15, 0.2) is 138 Å². The number of methoxy groups -OCH3 is 1. The molecule has 1 fully saturated rings. The molecule has 0 unspecified atom stereocenters. The number of aliphatic imine (C=N–C) groups is 1. The van der Waals surface area contributed by atoms with Crippen LogP contribution in [0.4, 0.5) is 11.4 Å². The first-order chi connectivity index (χ1) is 25.0. The van der Waals surface area contributed by atoms with Gasteiger partial charge in [-0.05, 0) is 72.8 Å². The van der Waals surface area contributed by atoms with Crippen LogP contribution in [0.3, 0.4) is 0 Å². The largest absolute Gasteiger partial charge is 0.497 e. The van der Waals surface area contributed by atoms with E-state index in [0.29, 0.717) is 30.1 Å². The maximum Gasteiger partial charge on any atom is 0.330 e. The van der Waals surface area contributed by atoms with Gasteiger partial charge in [0.2, 0.25) is 5.91 Å². The maximum atomic E-state index is 14.0. The number of carbonyl (C=O) groups is 2. The molecule has 8 nitrogen and oxygen atoms in total. The van der Waals surface area contributed by atoms with Crippen molar-refractivity contribution in [3.05, 3.63) is 161 Å². The number of nitrogens with one attached hydrogen (secondary N) is 1. The van der Waals surface area contributed by atoms with E-state index in [1.807, 2.05) is 115 Å². The summed E-state index contributed by atoms with van der Waals surface area (Å²) in [5.41, 5.74) is 6.63. The number of anilines is 2. The van der Waals surface area contributed by atoms with E-state index < -0.39 is 18.1 Å². The Morgan fingerprint density at radius 1 is 0.843 bits per heavy atom. The lowest BCUT2D eigenvalue weighted by Crippen LogP contribution is -2.44. The van der Waals surface area contributed by atoms with E-state index >= 15 is 0 Å². The van der Waals surface area contributed by atoms with E-state index in [9.17, 15) is 14.7 Å².